The van der Waals surface area contributed by atoms with E-state index in [0.29, 0.717) is 5.69 Å². The van der Waals surface area contributed by atoms with Crippen molar-refractivity contribution >= 4 is 33.3 Å². The van der Waals surface area contributed by atoms with E-state index >= 15 is 0 Å². The molecule has 0 atom stereocenters. The van der Waals surface area contributed by atoms with Crippen LogP contribution in [-0.4, -0.2) is 31.9 Å². The average molecular weight is 424 g/mol. The third kappa shape index (κ3) is 4.66. The highest BCUT2D eigenvalue weighted by Gasteiger charge is 2.27. The van der Waals surface area contributed by atoms with Crippen LogP contribution < -0.4 is 9.62 Å². The lowest BCUT2D eigenvalue weighted by atomic mass is 10.2. The lowest BCUT2D eigenvalue weighted by Crippen LogP contribution is -2.38. The summed E-state index contributed by atoms with van der Waals surface area (Å²) in [5, 5.41) is 11.8. The van der Waals surface area contributed by atoms with Crippen molar-refractivity contribution in [1.82, 2.24) is 0 Å². The molecule has 0 aliphatic rings. The predicted molar refractivity (Wildman–Crippen MR) is 114 cm³/mol. The summed E-state index contributed by atoms with van der Waals surface area (Å²) >= 11 is 0. The molecule has 0 bridgehead atoms. The van der Waals surface area contributed by atoms with Crippen molar-refractivity contribution in [2.24, 2.45) is 0 Å². The molecule has 0 radical (unpaired) electrons. The lowest BCUT2D eigenvalue weighted by molar-refractivity contribution is -0.114. The normalized spacial score (nSPS) is 11.0. The molecule has 3 aromatic rings. The molecule has 1 amide bonds. The quantitative estimate of drug-likeness (QED) is 0.604. The van der Waals surface area contributed by atoms with E-state index in [-0.39, 0.29) is 16.1 Å². The number of rotatable bonds is 7. The van der Waals surface area contributed by atoms with E-state index in [1.165, 1.54) is 30.3 Å². The van der Waals surface area contributed by atoms with E-state index in [2.05, 4.69) is 5.32 Å². The number of anilines is 2. The SMILES string of the molecule is Cc1ccc(N(CC(=O)Nc2ccccc2C(=O)O)S(=O)(=O)c2ccccc2)cc1. The molecule has 0 heterocycles. The highest BCUT2D eigenvalue weighted by molar-refractivity contribution is 7.92. The second kappa shape index (κ2) is 8.79. The van der Waals surface area contributed by atoms with E-state index < -0.39 is 28.4 Å². The molecule has 0 unspecified atom stereocenters. The van der Waals surface area contributed by atoms with Crippen LogP contribution in [0.15, 0.2) is 83.8 Å². The maximum atomic E-state index is 13.2. The van der Waals surface area contributed by atoms with E-state index in [1.54, 1.807) is 48.5 Å². The van der Waals surface area contributed by atoms with Gasteiger partial charge in [0.15, 0.2) is 0 Å². The Kier molecular flexibility index (Phi) is 6.17. The van der Waals surface area contributed by atoms with Crippen LogP contribution in [0, 0.1) is 6.92 Å². The minimum absolute atomic E-state index is 0.0457. The maximum Gasteiger partial charge on any atom is 0.337 e. The summed E-state index contributed by atoms with van der Waals surface area (Å²) in [5.74, 6) is -1.86. The summed E-state index contributed by atoms with van der Waals surface area (Å²) in [6.07, 6.45) is 0. The molecule has 0 saturated heterocycles. The predicted octanol–water partition coefficient (Wildman–Crippen LogP) is 3.53. The fraction of sp³-hybridized carbons (Fsp3) is 0.0909. The van der Waals surface area contributed by atoms with Crippen molar-refractivity contribution in [3.8, 4) is 0 Å². The Morgan fingerprint density at radius 3 is 2.13 bits per heavy atom. The summed E-state index contributed by atoms with van der Waals surface area (Å²) in [5.41, 5.74) is 1.27. The van der Waals surface area contributed by atoms with E-state index in [9.17, 15) is 23.1 Å². The minimum Gasteiger partial charge on any atom is -0.478 e. The number of amides is 1. The Hall–Kier alpha value is -3.65. The molecule has 30 heavy (non-hydrogen) atoms. The van der Waals surface area contributed by atoms with Crippen LogP contribution >= 0.6 is 0 Å². The van der Waals surface area contributed by atoms with Crippen LogP contribution in [0.5, 0.6) is 0 Å². The standard InChI is InChI=1S/C22H20N2O5S/c1-16-11-13-17(14-12-16)24(30(28,29)18-7-3-2-4-8-18)15-21(25)23-20-10-6-5-9-19(20)22(26)27/h2-14H,15H2,1H3,(H,23,25)(H,26,27). The van der Waals surface area contributed by atoms with Gasteiger partial charge in [0, 0.05) is 0 Å². The summed E-state index contributed by atoms with van der Waals surface area (Å²) in [4.78, 5) is 24.1. The van der Waals surface area contributed by atoms with Crippen molar-refractivity contribution in [2.45, 2.75) is 11.8 Å². The van der Waals surface area contributed by atoms with Crippen molar-refractivity contribution in [3.05, 3.63) is 90.0 Å². The number of carboxylic acid groups (broad SMARTS) is 1. The van der Waals surface area contributed by atoms with Crippen LogP contribution in [0.25, 0.3) is 0 Å². The van der Waals surface area contributed by atoms with Gasteiger partial charge in [0.25, 0.3) is 10.0 Å². The van der Waals surface area contributed by atoms with Crippen molar-refractivity contribution in [1.29, 1.82) is 0 Å². The molecule has 0 aromatic heterocycles. The number of benzene rings is 3. The Morgan fingerprint density at radius 2 is 1.50 bits per heavy atom. The van der Waals surface area contributed by atoms with Crippen LogP contribution in [0.3, 0.4) is 0 Å². The Labute approximate surface area is 174 Å². The Morgan fingerprint density at radius 1 is 0.900 bits per heavy atom. The van der Waals surface area contributed by atoms with Gasteiger partial charge in [0.2, 0.25) is 5.91 Å². The van der Waals surface area contributed by atoms with Gasteiger partial charge in [-0.15, -0.1) is 0 Å². The molecule has 0 fully saturated rings. The van der Waals surface area contributed by atoms with Gasteiger partial charge in [0.1, 0.15) is 6.54 Å². The van der Waals surface area contributed by atoms with Gasteiger partial charge in [-0.25, -0.2) is 13.2 Å². The first-order valence-electron chi connectivity index (χ1n) is 9.05. The molecule has 8 heteroatoms. The van der Waals surface area contributed by atoms with Gasteiger partial charge < -0.3 is 10.4 Å². The van der Waals surface area contributed by atoms with Crippen LogP contribution in [0.2, 0.25) is 0 Å². The molecule has 7 nitrogen and oxygen atoms in total. The molecular formula is C22H20N2O5S. The first kappa shape index (κ1) is 21.1. The molecule has 0 aliphatic carbocycles. The number of carbonyl (C=O) groups excluding carboxylic acids is 1. The fourth-order valence-corrected chi connectivity index (χ4v) is 4.29. The van der Waals surface area contributed by atoms with Gasteiger partial charge in [-0.1, -0.05) is 48.0 Å². The highest BCUT2D eigenvalue weighted by Crippen LogP contribution is 2.24. The average Bonchev–Trinajstić information content (AvgIpc) is 2.73. The number of nitrogens with zero attached hydrogens (tertiary/aromatic N) is 1. The Bertz CT molecular complexity index is 1160. The molecular weight excluding hydrogens is 404 g/mol. The number of nitrogens with one attached hydrogen (secondary N) is 1. The van der Waals surface area contributed by atoms with Gasteiger partial charge in [-0.05, 0) is 43.3 Å². The summed E-state index contributed by atoms with van der Waals surface area (Å²) in [6, 6.07) is 20.5. The second-order valence-corrected chi connectivity index (χ2v) is 8.42. The van der Waals surface area contributed by atoms with Crippen molar-refractivity contribution in [2.75, 3.05) is 16.2 Å². The minimum atomic E-state index is -4.02. The summed E-state index contributed by atoms with van der Waals surface area (Å²) in [6.45, 7) is 1.35. The maximum absolute atomic E-state index is 13.2. The molecule has 2 N–H and O–H groups in total. The third-order valence-corrected chi connectivity index (χ3v) is 6.16. The number of aryl methyl sites for hydroxylation is 1. The first-order chi connectivity index (χ1) is 14.3. The summed E-state index contributed by atoms with van der Waals surface area (Å²) in [7, 11) is -4.02. The summed E-state index contributed by atoms with van der Waals surface area (Å²) < 4.78 is 27.5. The number of carboxylic acids is 1. The number of para-hydroxylation sites is 1. The molecule has 154 valence electrons. The van der Waals surface area contributed by atoms with Crippen LogP contribution in [-0.2, 0) is 14.8 Å². The molecule has 0 saturated carbocycles. The number of hydrogen-bond acceptors (Lipinski definition) is 4. The first-order valence-corrected chi connectivity index (χ1v) is 10.5. The van der Waals surface area contributed by atoms with Gasteiger partial charge in [-0.2, -0.15) is 0 Å². The van der Waals surface area contributed by atoms with Crippen LogP contribution in [0.1, 0.15) is 15.9 Å². The van der Waals surface area contributed by atoms with Crippen LogP contribution in [0.4, 0.5) is 11.4 Å². The van der Waals surface area contributed by atoms with Crippen molar-refractivity contribution < 1.29 is 23.1 Å². The zero-order chi connectivity index (χ0) is 21.7. The molecule has 3 rings (SSSR count). The molecule has 0 spiro atoms. The van der Waals surface area contributed by atoms with E-state index in [1.807, 2.05) is 6.92 Å². The zero-order valence-corrected chi connectivity index (χ0v) is 17.0. The monoisotopic (exact) mass is 424 g/mol. The zero-order valence-electron chi connectivity index (χ0n) is 16.1. The second-order valence-electron chi connectivity index (χ2n) is 6.56. The van der Waals surface area contributed by atoms with Gasteiger partial charge in [0.05, 0.1) is 21.8 Å². The number of carbonyl (C=O) groups is 2. The van der Waals surface area contributed by atoms with E-state index in [4.69, 9.17) is 0 Å². The highest BCUT2D eigenvalue weighted by atomic mass is 32.2. The lowest BCUT2D eigenvalue weighted by Gasteiger charge is -2.24. The van der Waals surface area contributed by atoms with Gasteiger partial charge in [-0.3, -0.25) is 9.10 Å². The molecule has 0 aliphatic heterocycles. The Balaban J connectivity index is 1.95. The van der Waals surface area contributed by atoms with Gasteiger partial charge >= 0.3 is 5.97 Å². The number of hydrogen-bond donors (Lipinski definition) is 2. The number of sulfonamides is 1. The van der Waals surface area contributed by atoms with Crippen molar-refractivity contribution in [3.63, 3.8) is 0 Å². The fourth-order valence-electron chi connectivity index (χ4n) is 2.84. The third-order valence-electron chi connectivity index (χ3n) is 4.37. The largest absolute Gasteiger partial charge is 0.478 e. The molecule has 3 aromatic carbocycles. The van der Waals surface area contributed by atoms with E-state index in [0.717, 1.165) is 9.87 Å². The topological polar surface area (TPSA) is 104 Å². The smallest absolute Gasteiger partial charge is 0.337 e. The number of aromatic carboxylic acids is 1.